The highest BCUT2D eigenvalue weighted by molar-refractivity contribution is 9.10. The molecule has 1 N–H and O–H groups in total. The Labute approximate surface area is 129 Å². The van der Waals surface area contributed by atoms with Crippen LogP contribution in [0.25, 0.3) is 0 Å². The third kappa shape index (κ3) is 4.42. The van der Waals surface area contributed by atoms with E-state index in [9.17, 15) is 14.0 Å². The summed E-state index contributed by atoms with van der Waals surface area (Å²) in [6.45, 7) is 0.841. The van der Waals surface area contributed by atoms with Gasteiger partial charge < -0.3 is 14.7 Å². The Morgan fingerprint density at radius 3 is 2.90 bits per heavy atom. The highest BCUT2D eigenvalue weighted by Gasteiger charge is 2.27. The normalized spacial score (nSPS) is 17.8. The van der Waals surface area contributed by atoms with Gasteiger partial charge in [0.05, 0.1) is 4.47 Å². The molecule has 1 aromatic rings. The number of likely N-dealkylation sites (tertiary alicyclic amines) is 1. The minimum atomic E-state index is -0.846. The van der Waals surface area contributed by atoms with E-state index in [1.807, 2.05) is 0 Å². The summed E-state index contributed by atoms with van der Waals surface area (Å²) in [5.41, 5.74) is 0. The minimum absolute atomic E-state index is 0.00371. The molecule has 1 fully saturated rings. The molecule has 1 saturated heterocycles. The van der Waals surface area contributed by atoms with Gasteiger partial charge >= 0.3 is 5.97 Å². The van der Waals surface area contributed by atoms with Crippen LogP contribution in [-0.2, 0) is 9.59 Å². The summed E-state index contributed by atoms with van der Waals surface area (Å²) in [5, 5.41) is 8.74. The molecule has 1 aliphatic rings. The summed E-state index contributed by atoms with van der Waals surface area (Å²) in [6.07, 6.45) is 0.770. The molecule has 1 unspecified atom stereocenters. The monoisotopic (exact) mass is 359 g/mol. The van der Waals surface area contributed by atoms with Gasteiger partial charge in [0.25, 0.3) is 5.91 Å². The lowest BCUT2D eigenvalue weighted by Crippen LogP contribution is -2.33. The predicted molar refractivity (Wildman–Crippen MR) is 76.5 cm³/mol. The van der Waals surface area contributed by atoms with E-state index in [0.717, 1.165) is 0 Å². The summed E-state index contributed by atoms with van der Waals surface area (Å²) >= 11 is 3.16. The Bertz CT molecular complexity index is 552. The molecular formula is C14H15BrFNO4. The van der Waals surface area contributed by atoms with Crippen molar-refractivity contribution in [2.24, 2.45) is 5.92 Å². The molecule has 0 saturated carbocycles. The molecule has 1 aromatic carbocycles. The molecular weight excluding hydrogens is 345 g/mol. The van der Waals surface area contributed by atoms with Gasteiger partial charge in [-0.15, -0.1) is 0 Å². The van der Waals surface area contributed by atoms with Gasteiger partial charge in [-0.2, -0.15) is 0 Å². The highest BCUT2D eigenvalue weighted by Crippen LogP contribution is 2.26. The fourth-order valence-electron chi connectivity index (χ4n) is 2.30. The van der Waals surface area contributed by atoms with E-state index in [1.54, 1.807) is 4.90 Å². The zero-order valence-electron chi connectivity index (χ0n) is 11.2. The van der Waals surface area contributed by atoms with Crippen LogP contribution in [0.2, 0.25) is 0 Å². The van der Waals surface area contributed by atoms with Crippen LogP contribution < -0.4 is 4.74 Å². The topological polar surface area (TPSA) is 66.8 Å². The number of carbonyl (C=O) groups excluding carboxylic acids is 1. The zero-order chi connectivity index (χ0) is 15.4. The highest BCUT2D eigenvalue weighted by atomic mass is 79.9. The third-order valence-electron chi connectivity index (χ3n) is 3.35. The first kappa shape index (κ1) is 15.8. The zero-order valence-corrected chi connectivity index (χ0v) is 12.8. The number of amides is 1. The first-order valence-electron chi connectivity index (χ1n) is 6.53. The van der Waals surface area contributed by atoms with Crippen LogP contribution in [0.15, 0.2) is 22.7 Å². The van der Waals surface area contributed by atoms with Crippen LogP contribution in [0.3, 0.4) is 0 Å². The second-order valence-corrected chi connectivity index (χ2v) is 5.81. The molecule has 0 spiro atoms. The largest absolute Gasteiger partial charge is 0.483 e. The fraction of sp³-hybridized carbons (Fsp3) is 0.429. The van der Waals surface area contributed by atoms with Gasteiger partial charge in [-0.25, -0.2) is 4.39 Å². The summed E-state index contributed by atoms with van der Waals surface area (Å²) in [6, 6.07) is 3.96. The Balaban J connectivity index is 1.84. The summed E-state index contributed by atoms with van der Waals surface area (Å²) in [5.74, 6) is -1.04. The van der Waals surface area contributed by atoms with Gasteiger partial charge in [-0.1, -0.05) is 0 Å². The van der Waals surface area contributed by atoms with Crippen molar-refractivity contribution in [3.63, 3.8) is 0 Å². The Hall–Kier alpha value is -1.63. The van der Waals surface area contributed by atoms with Crippen molar-refractivity contribution in [2.45, 2.75) is 12.8 Å². The Morgan fingerprint density at radius 2 is 2.24 bits per heavy atom. The fourth-order valence-corrected chi connectivity index (χ4v) is 2.76. The number of hydrogen-bond donors (Lipinski definition) is 1. The number of aliphatic carboxylic acids is 1. The van der Waals surface area contributed by atoms with Crippen LogP contribution >= 0.6 is 15.9 Å². The first-order chi connectivity index (χ1) is 9.95. The molecule has 7 heteroatoms. The van der Waals surface area contributed by atoms with Crippen LogP contribution in [0, 0.1) is 11.7 Å². The molecule has 2 rings (SSSR count). The van der Waals surface area contributed by atoms with Gasteiger partial charge in [-0.05, 0) is 46.5 Å². The number of carboxylic acid groups (broad SMARTS) is 1. The van der Waals surface area contributed by atoms with E-state index in [4.69, 9.17) is 9.84 Å². The molecule has 1 atom stereocenters. The number of carbonyl (C=O) groups is 2. The van der Waals surface area contributed by atoms with Crippen molar-refractivity contribution in [3.05, 3.63) is 28.5 Å². The minimum Gasteiger partial charge on any atom is -0.483 e. The molecule has 0 aliphatic carbocycles. The quantitative estimate of drug-likeness (QED) is 0.875. The molecule has 0 bridgehead atoms. The standard InChI is InChI=1S/C14H15BrFNO4/c15-11-6-10(16)1-2-12(11)21-8-13(18)17-4-3-9(7-17)5-14(19)20/h1-2,6,9H,3-5,7-8H2,(H,19,20). The van der Waals surface area contributed by atoms with Crippen molar-refractivity contribution in [1.82, 2.24) is 4.90 Å². The molecule has 0 aromatic heterocycles. The van der Waals surface area contributed by atoms with E-state index in [2.05, 4.69) is 15.9 Å². The van der Waals surface area contributed by atoms with Crippen LogP contribution in [0.4, 0.5) is 4.39 Å². The van der Waals surface area contributed by atoms with Gasteiger partial charge in [-0.3, -0.25) is 9.59 Å². The van der Waals surface area contributed by atoms with Crippen molar-refractivity contribution in [1.29, 1.82) is 0 Å². The van der Waals surface area contributed by atoms with Crippen LogP contribution in [0.5, 0.6) is 5.75 Å². The molecule has 5 nitrogen and oxygen atoms in total. The molecule has 21 heavy (non-hydrogen) atoms. The lowest BCUT2D eigenvalue weighted by atomic mass is 10.1. The number of carboxylic acids is 1. The summed E-state index contributed by atoms with van der Waals surface area (Å²) in [7, 11) is 0. The predicted octanol–water partition coefficient (Wildman–Crippen LogP) is 2.29. The van der Waals surface area contributed by atoms with Crippen molar-refractivity contribution in [2.75, 3.05) is 19.7 Å². The number of nitrogens with zero attached hydrogens (tertiary/aromatic N) is 1. The van der Waals surface area contributed by atoms with Crippen LogP contribution in [-0.4, -0.2) is 41.6 Å². The smallest absolute Gasteiger partial charge is 0.303 e. The molecule has 1 amide bonds. The van der Waals surface area contributed by atoms with Gasteiger partial charge in [0.2, 0.25) is 0 Å². The Kier molecular flexibility index (Phi) is 5.17. The molecule has 1 aliphatic heterocycles. The van der Waals surface area contributed by atoms with E-state index in [1.165, 1.54) is 18.2 Å². The average Bonchev–Trinajstić information content (AvgIpc) is 2.85. The number of hydrogen-bond acceptors (Lipinski definition) is 3. The van der Waals surface area contributed by atoms with E-state index in [0.29, 0.717) is 29.7 Å². The summed E-state index contributed by atoms with van der Waals surface area (Å²) < 4.78 is 18.7. The summed E-state index contributed by atoms with van der Waals surface area (Å²) in [4.78, 5) is 24.2. The molecule has 114 valence electrons. The average molecular weight is 360 g/mol. The number of rotatable bonds is 5. The van der Waals surface area contributed by atoms with Crippen molar-refractivity contribution >= 4 is 27.8 Å². The maximum Gasteiger partial charge on any atom is 0.303 e. The van der Waals surface area contributed by atoms with E-state index in [-0.39, 0.29) is 24.9 Å². The maximum atomic E-state index is 12.9. The number of benzene rings is 1. The Morgan fingerprint density at radius 1 is 1.48 bits per heavy atom. The van der Waals surface area contributed by atoms with Crippen molar-refractivity contribution in [3.8, 4) is 5.75 Å². The van der Waals surface area contributed by atoms with Gasteiger partial charge in [0, 0.05) is 19.5 Å². The second kappa shape index (κ2) is 6.89. The molecule has 1 heterocycles. The number of ether oxygens (including phenoxy) is 1. The lowest BCUT2D eigenvalue weighted by molar-refractivity contribution is -0.138. The van der Waals surface area contributed by atoms with Crippen LogP contribution in [0.1, 0.15) is 12.8 Å². The maximum absolute atomic E-state index is 12.9. The lowest BCUT2D eigenvalue weighted by Gasteiger charge is -2.17. The van der Waals surface area contributed by atoms with Gasteiger partial charge in [0.1, 0.15) is 11.6 Å². The SMILES string of the molecule is O=C(O)CC1CCN(C(=O)COc2ccc(F)cc2Br)C1. The van der Waals surface area contributed by atoms with E-state index >= 15 is 0 Å². The second-order valence-electron chi connectivity index (χ2n) is 4.96. The van der Waals surface area contributed by atoms with E-state index < -0.39 is 11.8 Å². The van der Waals surface area contributed by atoms with Crippen molar-refractivity contribution < 1.29 is 23.8 Å². The third-order valence-corrected chi connectivity index (χ3v) is 3.97. The number of halogens is 2. The van der Waals surface area contributed by atoms with Gasteiger partial charge in [0.15, 0.2) is 6.61 Å². The molecule has 0 radical (unpaired) electrons. The first-order valence-corrected chi connectivity index (χ1v) is 7.32.